The van der Waals surface area contributed by atoms with Gasteiger partial charge in [-0.2, -0.15) is 0 Å². The van der Waals surface area contributed by atoms with Crippen molar-refractivity contribution in [2.75, 3.05) is 30.3 Å². The third-order valence-corrected chi connectivity index (χ3v) is 2.87. The van der Waals surface area contributed by atoms with Crippen LogP contribution in [0.4, 0.5) is 11.4 Å². The topological polar surface area (TPSA) is 62.4 Å². The van der Waals surface area contributed by atoms with Crippen molar-refractivity contribution >= 4 is 22.3 Å². The minimum atomic E-state index is 0.139. The molecule has 0 atom stereocenters. The molecule has 0 bridgehead atoms. The van der Waals surface area contributed by atoms with Gasteiger partial charge in [-0.05, 0) is 31.2 Å². The Morgan fingerprint density at radius 3 is 2.88 bits per heavy atom. The summed E-state index contributed by atoms with van der Waals surface area (Å²) in [5.41, 5.74) is 8.48. The summed E-state index contributed by atoms with van der Waals surface area (Å²) >= 11 is 0. The summed E-state index contributed by atoms with van der Waals surface area (Å²) < 4.78 is 0. The number of nitrogens with zero attached hydrogens (tertiary/aromatic N) is 2. The van der Waals surface area contributed by atoms with Gasteiger partial charge < -0.3 is 15.7 Å². The highest BCUT2D eigenvalue weighted by Gasteiger charge is 2.09. The predicted octanol–water partition coefficient (Wildman–Crippen LogP) is 1.64. The molecule has 0 aliphatic heterocycles. The maximum absolute atomic E-state index is 9.07. The molecule has 0 aliphatic carbocycles. The zero-order chi connectivity index (χ0) is 12.3. The third-order valence-electron chi connectivity index (χ3n) is 2.87. The van der Waals surface area contributed by atoms with Gasteiger partial charge in [0.05, 0.1) is 17.8 Å². The number of aromatic nitrogens is 1. The standard InChI is InChI=1S/C13H17N3O/c1-2-16(8-9-17)12-6-5-11(14)13-10(12)4-3-7-15-13/h3-7,17H,2,8-9,14H2,1H3. The van der Waals surface area contributed by atoms with Crippen LogP contribution in [0.2, 0.25) is 0 Å². The van der Waals surface area contributed by atoms with E-state index in [4.69, 9.17) is 10.8 Å². The summed E-state index contributed by atoms with van der Waals surface area (Å²) in [6.07, 6.45) is 1.74. The molecular weight excluding hydrogens is 214 g/mol. The SMILES string of the molecule is CCN(CCO)c1ccc(N)c2ncccc12. The van der Waals surface area contributed by atoms with E-state index < -0.39 is 0 Å². The Hall–Kier alpha value is -1.81. The first-order valence-electron chi connectivity index (χ1n) is 5.77. The van der Waals surface area contributed by atoms with E-state index in [1.54, 1.807) is 6.20 Å². The second-order valence-corrected chi connectivity index (χ2v) is 3.88. The molecule has 4 heteroatoms. The van der Waals surface area contributed by atoms with Crippen LogP contribution in [0, 0.1) is 0 Å². The first kappa shape index (κ1) is 11.7. The number of aliphatic hydroxyl groups excluding tert-OH is 1. The molecule has 4 nitrogen and oxygen atoms in total. The number of anilines is 2. The van der Waals surface area contributed by atoms with Crippen LogP contribution >= 0.6 is 0 Å². The minimum Gasteiger partial charge on any atom is -0.397 e. The van der Waals surface area contributed by atoms with Crippen molar-refractivity contribution in [3.63, 3.8) is 0 Å². The summed E-state index contributed by atoms with van der Waals surface area (Å²) in [6.45, 7) is 3.66. The van der Waals surface area contributed by atoms with Gasteiger partial charge in [-0.15, -0.1) is 0 Å². The van der Waals surface area contributed by atoms with Crippen LogP contribution in [-0.4, -0.2) is 29.8 Å². The number of fused-ring (bicyclic) bond motifs is 1. The normalized spacial score (nSPS) is 10.7. The number of rotatable bonds is 4. The van der Waals surface area contributed by atoms with Crippen LogP contribution in [0.5, 0.6) is 0 Å². The number of pyridine rings is 1. The number of benzene rings is 1. The summed E-state index contributed by atoms with van der Waals surface area (Å²) in [6, 6.07) is 7.76. The molecule has 2 rings (SSSR count). The molecule has 1 heterocycles. The monoisotopic (exact) mass is 231 g/mol. The molecule has 90 valence electrons. The van der Waals surface area contributed by atoms with Crippen molar-refractivity contribution in [1.29, 1.82) is 0 Å². The average Bonchev–Trinajstić information content (AvgIpc) is 2.37. The Labute approximate surface area is 101 Å². The van der Waals surface area contributed by atoms with E-state index in [1.807, 2.05) is 24.3 Å². The van der Waals surface area contributed by atoms with Crippen LogP contribution in [0.1, 0.15) is 6.92 Å². The molecule has 0 saturated carbocycles. The van der Waals surface area contributed by atoms with Gasteiger partial charge in [0.2, 0.25) is 0 Å². The van der Waals surface area contributed by atoms with Gasteiger partial charge in [0.15, 0.2) is 0 Å². The largest absolute Gasteiger partial charge is 0.397 e. The fourth-order valence-electron chi connectivity index (χ4n) is 2.02. The third kappa shape index (κ3) is 2.17. The van der Waals surface area contributed by atoms with Gasteiger partial charge in [0.25, 0.3) is 0 Å². The Morgan fingerprint density at radius 1 is 1.35 bits per heavy atom. The average molecular weight is 231 g/mol. The number of nitrogen functional groups attached to an aromatic ring is 1. The number of likely N-dealkylation sites (N-methyl/N-ethyl adjacent to an activating group) is 1. The molecule has 1 aromatic carbocycles. The molecule has 0 unspecified atom stereocenters. The number of nitrogens with two attached hydrogens (primary N) is 1. The number of hydrogen-bond donors (Lipinski definition) is 2. The highest BCUT2D eigenvalue weighted by molar-refractivity contribution is 5.98. The Bertz CT molecular complexity index is 513. The van der Waals surface area contributed by atoms with E-state index in [2.05, 4.69) is 16.8 Å². The van der Waals surface area contributed by atoms with Crippen molar-refractivity contribution < 1.29 is 5.11 Å². The zero-order valence-corrected chi connectivity index (χ0v) is 9.93. The highest BCUT2D eigenvalue weighted by Crippen LogP contribution is 2.29. The maximum atomic E-state index is 9.07. The van der Waals surface area contributed by atoms with Crippen LogP contribution in [-0.2, 0) is 0 Å². The van der Waals surface area contributed by atoms with Crippen molar-refractivity contribution in [1.82, 2.24) is 4.98 Å². The molecule has 0 fully saturated rings. The quantitative estimate of drug-likeness (QED) is 0.785. The van der Waals surface area contributed by atoms with Crippen molar-refractivity contribution in [3.8, 4) is 0 Å². The fourth-order valence-corrected chi connectivity index (χ4v) is 2.02. The van der Waals surface area contributed by atoms with Gasteiger partial charge in [-0.3, -0.25) is 4.98 Å². The summed E-state index contributed by atoms with van der Waals surface area (Å²) in [5, 5.41) is 10.1. The molecular formula is C13H17N3O. The second-order valence-electron chi connectivity index (χ2n) is 3.88. The molecule has 0 radical (unpaired) electrons. The number of aliphatic hydroxyl groups is 1. The van der Waals surface area contributed by atoms with E-state index >= 15 is 0 Å². The molecule has 17 heavy (non-hydrogen) atoms. The molecule has 0 aliphatic rings. The minimum absolute atomic E-state index is 0.139. The summed E-state index contributed by atoms with van der Waals surface area (Å²) in [7, 11) is 0. The lowest BCUT2D eigenvalue weighted by Crippen LogP contribution is -2.26. The Balaban J connectivity index is 2.57. The fraction of sp³-hybridized carbons (Fsp3) is 0.308. The zero-order valence-electron chi connectivity index (χ0n) is 9.93. The van der Waals surface area contributed by atoms with E-state index in [9.17, 15) is 0 Å². The lowest BCUT2D eigenvalue weighted by Gasteiger charge is -2.23. The van der Waals surface area contributed by atoms with Gasteiger partial charge >= 0.3 is 0 Å². The molecule has 1 aromatic heterocycles. The first-order chi connectivity index (χ1) is 8.27. The van der Waals surface area contributed by atoms with E-state index in [0.29, 0.717) is 12.2 Å². The Morgan fingerprint density at radius 2 is 2.18 bits per heavy atom. The molecule has 3 N–H and O–H groups in total. The summed E-state index contributed by atoms with van der Waals surface area (Å²) in [4.78, 5) is 6.42. The van der Waals surface area contributed by atoms with Crippen molar-refractivity contribution in [2.24, 2.45) is 0 Å². The van der Waals surface area contributed by atoms with Crippen molar-refractivity contribution in [2.45, 2.75) is 6.92 Å². The lowest BCUT2D eigenvalue weighted by molar-refractivity contribution is 0.302. The van der Waals surface area contributed by atoms with Gasteiger partial charge in [0.1, 0.15) is 0 Å². The van der Waals surface area contributed by atoms with Crippen LogP contribution in [0.25, 0.3) is 10.9 Å². The van der Waals surface area contributed by atoms with Crippen LogP contribution in [0.3, 0.4) is 0 Å². The Kier molecular flexibility index (Phi) is 3.44. The van der Waals surface area contributed by atoms with Crippen LogP contribution < -0.4 is 10.6 Å². The van der Waals surface area contributed by atoms with E-state index in [0.717, 1.165) is 23.1 Å². The maximum Gasteiger partial charge on any atom is 0.0951 e. The summed E-state index contributed by atoms with van der Waals surface area (Å²) in [5.74, 6) is 0. The second kappa shape index (κ2) is 5.01. The molecule has 0 saturated heterocycles. The van der Waals surface area contributed by atoms with Gasteiger partial charge in [0, 0.05) is 30.4 Å². The predicted molar refractivity (Wildman–Crippen MR) is 71.1 cm³/mol. The number of hydrogen-bond acceptors (Lipinski definition) is 4. The first-order valence-corrected chi connectivity index (χ1v) is 5.77. The van der Waals surface area contributed by atoms with Crippen molar-refractivity contribution in [3.05, 3.63) is 30.5 Å². The molecule has 0 spiro atoms. The highest BCUT2D eigenvalue weighted by atomic mass is 16.3. The molecule has 0 amide bonds. The van der Waals surface area contributed by atoms with E-state index in [1.165, 1.54) is 0 Å². The smallest absolute Gasteiger partial charge is 0.0951 e. The lowest BCUT2D eigenvalue weighted by atomic mass is 10.1. The van der Waals surface area contributed by atoms with E-state index in [-0.39, 0.29) is 6.61 Å². The van der Waals surface area contributed by atoms with Gasteiger partial charge in [-0.1, -0.05) is 0 Å². The van der Waals surface area contributed by atoms with Crippen LogP contribution in [0.15, 0.2) is 30.5 Å². The van der Waals surface area contributed by atoms with Gasteiger partial charge in [-0.25, -0.2) is 0 Å². The molecule has 2 aromatic rings.